The Kier molecular flexibility index (Phi) is 6.21. The number of carbonyl (C=O) groups is 1. The third kappa shape index (κ3) is 4.90. The Bertz CT molecular complexity index is 755. The summed E-state index contributed by atoms with van der Waals surface area (Å²) in [5, 5.41) is 8.50. The lowest BCUT2D eigenvalue weighted by molar-refractivity contribution is -0.131. The van der Waals surface area contributed by atoms with Gasteiger partial charge in [-0.25, -0.2) is 4.68 Å². The van der Waals surface area contributed by atoms with E-state index in [0.717, 1.165) is 44.0 Å². The quantitative estimate of drug-likeness (QED) is 0.767. The fraction of sp³-hybridized carbons (Fsp3) is 0.571. The number of rotatable bonds is 6. The number of nitrogens with zero attached hydrogens (tertiary/aromatic N) is 5. The van der Waals surface area contributed by atoms with E-state index in [9.17, 15) is 4.79 Å². The molecule has 2 aliphatic rings. The molecule has 1 atom stereocenters. The second kappa shape index (κ2) is 9.19. The maximum Gasteiger partial charge on any atom is 0.236 e. The molecule has 2 aliphatic heterocycles. The van der Waals surface area contributed by atoms with E-state index in [1.165, 1.54) is 25.7 Å². The monoisotopic (exact) mass is 383 g/mol. The summed E-state index contributed by atoms with van der Waals surface area (Å²) in [7, 11) is 0. The summed E-state index contributed by atoms with van der Waals surface area (Å²) in [5.74, 6) is 1.07. The van der Waals surface area contributed by atoms with Crippen LogP contribution in [0.15, 0.2) is 36.5 Å². The van der Waals surface area contributed by atoms with Crippen LogP contribution in [0.4, 0.5) is 0 Å². The van der Waals surface area contributed by atoms with E-state index in [2.05, 4.69) is 15.2 Å². The number of benzene rings is 1. The summed E-state index contributed by atoms with van der Waals surface area (Å²) in [6.45, 7) is 4.57. The van der Waals surface area contributed by atoms with Gasteiger partial charge in [-0.1, -0.05) is 36.3 Å². The van der Waals surface area contributed by atoms with Crippen LogP contribution in [0.25, 0.3) is 0 Å². The van der Waals surface area contributed by atoms with Crippen molar-refractivity contribution in [2.45, 2.75) is 44.8 Å². The molecule has 0 saturated carbocycles. The van der Waals surface area contributed by atoms with Gasteiger partial charge in [-0.05, 0) is 44.5 Å². The summed E-state index contributed by atoms with van der Waals surface area (Å²) in [6.07, 6.45) is 7.87. The molecule has 0 bridgehead atoms. The molecule has 0 N–H and O–H groups in total. The van der Waals surface area contributed by atoms with Crippen LogP contribution >= 0.6 is 0 Å². The van der Waals surface area contributed by atoms with Gasteiger partial charge < -0.3 is 9.64 Å². The first kappa shape index (κ1) is 18.9. The Labute approximate surface area is 166 Å². The largest absolute Gasteiger partial charge is 0.487 e. The highest BCUT2D eigenvalue weighted by atomic mass is 16.5. The van der Waals surface area contributed by atoms with Crippen molar-refractivity contribution in [2.24, 2.45) is 0 Å². The lowest BCUT2D eigenvalue weighted by atomic mass is 10.2. The zero-order valence-corrected chi connectivity index (χ0v) is 16.4. The van der Waals surface area contributed by atoms with Crippen molar-refractivity contribution in [3.05, 3.63) is 42.2 Å². The number of aromatic nitrogens is 3. The summed E-state index contributed by atoms with van der Waals surface area (Å²) in [6, 6.07) is 9.91. The molecule has 7 heteroatoms. The Balaban J connectivity index is 1.27. The van der Waals surface area contributed by atoms with Crippen LogP contribution in [0.1, 0.15) is 43.8 Å². The highest BCUT2D eigenvalue weighted by Crippen LogP contribution is 2.22. The Morgan fingerprint density at radius 1 is 1.07 bits per heavy atom. The number of hydrogen-bond acceptors (Lipinski definition) is 5. The van der Waals surface area contributed by atoms with Gasteiger partial charge >= 0.3 is 0 Å². The smallest absolute Gasteiger partial charge is 0.236 e. The molecular formula is C21H29N5O2. The SMILES string of the molecule is O=C(CN1CCCCCC1)N1CCC(n2cc(COc3ccccc3)nn2)C1. The normalized spacial score (nSPS) is 20.9. The van der Waals surface area contributed by atoms with Crippen LogP contribution in [0.2, 0.25) is 0 Å². The number of para-hydroxylation sites is 1. The summed E-state index contributed by atoms with van der Waals surface area (Å²) in [4.78, 5) is 17.0. The van der Waals surface area contributed by atoms with Crippen molar-refractivity contribution in [1.29, 1.82) is 0 Å². The fourth-order valence-electron chi connectivity index (χ4n) is 4.00. The van der Waals surface area contributed by atoms with E-state index in [-0.39, 0.29) is 11.9 Å². The molecule has 4 rings (SSSR count). The molecule has 1 unspecified atom stereocenters. The molecule has 2 saturated heterocycles. The Morgan fingerprint density at radius 2 is 1.86 bits per heavy atom. The summed E-state index contributed by atoms with van der Waals surface area (Å²) >= 11 is 0. The Morgan fingerprint density at radius 3 is 2.64 bits per heavy atom. The third-order valence-corrected chi connectivity index (χ3v) is 5.64. The maximum absolute atomic E-state index is 12.7. The second-order valence-electron chi connectivity index (χ2n) is 7.76. The molecule has 2 fully saturated rings. The molecule has 0 spiro atoms. The fourth-order valence-corrected chi connectivity index (χ4v) is 4.00. The van der Waals surface area contributed by atoms with Crippen molar-refractivity contribution < 1.29 is 9.53 Å². The van der Waals surface area contributed by atoms with E-state index in [4.69, 9.17) is 4.74 Å². The average molecular weight is 383 g/mol. The predicted molar refractivity (Wildman–Crippen MR) is 106 cm³/mol. The van der Waals surface area contributed by atoms with Gasteiger partial charge in [-0.3, -0.25) is 9.69 Å². The van der Waals surface area contributed by atoms with Crippen LogP contribution < -0.4 is 4.74 Å². The summed E-state index contributed by atoms with van der Waals surface area (Å²) in [5.41, 5.74) is 0.804. The highest BCUT2D eigenvalue weighted by Gasteiger charge is 2.29. The van der Waals surface area contributed by atoms with Crippen LogP contribution in [0.3, 0.4) is 0 Å². The zero-order chi connectivity index (χ0) is 19.2. The van der Waals surface area contributed by atoms with E-state index in [0.29, 0.717) is 13.2 Å². The highest BCUT2D eigenvalue weighted by molar-refractivity contribution is 5.78. The molecule has 1 amide bonds. The van der Waals surface area contributed by atoms with Gasteiger partial charge in [-0.2, -0.15) is 0 Å². The maximum atomic E-state index is 12.7. The first-order valence-corrected chi connectivity index (χ1v) is 10.4. The molecule has 150 valence electrons. The molecule has 0 radical (unpaired) electrons. The minimum Gasteiger partial charge on any atom is -0.487 e. The second-order valence-corrected chi connectivity index (χ2v) is 7.76. The zero-order valence-electron chi connectivity index (χ0n) is 16.4. The average Bonchev–Trinajstić information content (AvgIpc) is 3.33. The van der Waals surface area contributed by atoms with Gasteiger partial charge in [0.2, 0.25) is 5.91 Å². The molecule has 0 aliphatic carbocycles. The van der Waals surface area contributed by atoms with Crippen molar-refractivity contribution in [1.82, 2.24) is 24.8 Å². The molecule has 28 heavy (non-hydrogen) atoms. The van der Waals surface area contributed by atoms with E-state index >= 15 is 0 Å². The molecule has 1 aromatic heterocycles. The van der Waals surface area contributed by atoms with Gasteiger partial charge in [0.25, 0.3) is 0 Å². The van der Waals surface area contributed by atoms with Gasteiger partial charge in [0.15, 0.2) is 0 Å². The molecule has 2 aromatic rings. The van der Waals surface area contributed by atoms with Gasteiger partial charge in [0, 0.05) is 13.1 Å². The first-order chi connectivity index (χ1) is 13.8. The summed E-state index contributed by atoms with van der Waals surface area (Å²) < 4.78 is 7.63. The molecule has 7 nitrogen and oxygen atoms in total. The van der Waals surface area contributed by atoms with Gasteiger partial charge in [-0.15, -0.1) is 5.10 Å². The number of carbonyl (C=O) groups excluding carboxylic acids is 1. The van der Waals surface area contributed by atoms with Crippen molar-refractivity contribution in [3.8, 4) is 5.75 Å². The van der Waals surface area contributed by atoms with E-state index in [1.807, 2.05) is 46.1 Å². The Hall–Kier alpha value is -2.41. The minimum absolute atomic E-state index is 0.200. The van der Waals surface area contributed by atoms with Crippen molar-refractivity contribution >= 4 is 5.91 Å². The van der Waals surface area contributed by atoms with Gasteiger partial charge in [0.1, 0.15) is 18.1 Å². The molecule has 1 aromatic carbocycles. The van der Waals surface area contributed by atoms with Crippen LogP contribution in [0.5, 0.6) is 5.75 Å². The molecular weight excluding hydrogens is 354 g/mol. The van der Waals surface area contributed by atoms with E-state index in [1.54, 1.807) is 0 Å². The van der Waals surface area contributed by atoms with Crippen LogP contribution in [-0.2, 0) is 11.4 Å². The third-order valence-electron chi connectivity index (χ3n) is 5.64. The minimum atomic E-state index is 0.200. The van der Waals surface area contributed by atoms with Crippen LogP contribution in [0, 0.1) is 0 Å². The number of amides is 1. The predicted octanol–water partition coefficient (Wildman–Crippen LogP) is 2.51. The van der Waals surface area contributed by atoms with Crippen molar-refractivity contribution in [2.75, 3.05) is 32.7 Å². The number of hydrogen-bond donors (Lipinski definition) is 0. The standard InChI is InChI=1S/C21H29N5O2/c27-21(16-24-11-6-1-2-7-12-24)25-13-10-19(15-25)26-14-18(22-23-26)17-28-20-8-4-3-5-9-20/h3-5,8-9,14,19H,1-2,6-7,10-13,15-17H2. The number of ether oxygens (including phenoxy) is 1. The first-order valence-electron chi connectivity index (χ1n) is 10.4. The molecule has 3 heterocycles. The van der Waals surface area contributed by atoms with Crippen LogP contribution in [-0.4, -0.2) is 63.4 Å². The van der Waals surface area contributed by atoms with Gasteiger partial charge in [0.05, 0.1) is 18.8 Å². The van der Waals surface area contributed by atoms with E-state index < -0.39 is 0 Å². The lowest BCUT2D eigenvalue weighted by Crippen LogP contribution is -2.39. The number of likely N-dealkylation sites (tertiary alicyclic amines) is 2. The lowest BCUT2D eigenvalue weighted by Gasteiger charge is -2.23. The topological polar surface area (TPSA) is 63.5 Å². The van der Waals surface area contributed by atoms with Crippen molar-refractivity contribution in [3.63, 3.8) is 0 Å².